The van der Waals surface area contributed by atoms with Crippen molar-refractivity contribution < 1.29 is 9.32 Å². The highest BCUT2D eigenvalue weighted by Gasteiger charge is 2.46. The van der Waals surface area contributed by atoms with Gasteiger partial charge >= 0.3 is 0 Å². The van der Waals surface area contributed by atoms with Gasteiger partial charge in [-0.05, 0) is 43.4 Å². The predicted molar refractivity (Wildman–Crippen MR) is 104 cm³/mol. The average Bonchev–Trinajstić information content (AvgIpc) is 3.44. The van der Waals surface area contributed by atoms with Crippen LogP contribution in [0.3, 0.4) is 0 Å². The van der Waals surface area contributed by atoms with Crippen molar-refractivity contribution in [3.63, 3.8) is 0 Å². The summed E-state index contributed by atoms with van der Waals surface area (Å²) in [7, 11) is 0. The van der Waals surface area contributed by atoms with Gasteiger partial charge < -0.3 is 9.42 Å². The fraction of sp³-hybridized carbons (Fsp3) is 0.429. The largest absolute Gasteiger partial charge is 0.335 e. The summed E-state index contributed by atoms with van der Waals surface area (Å²) in [6, 6.07) is 5.46. The lowest BCUT2D eigenvalue weighted by Crippen LogP contribution is -2.49. The molecule has 5 rings (SSSR count). The first-order valence-electron chi connectivity index (χ1n) is 10.0. The van der Waals surface area contributed by atoms with Crippen molar-refractivity contribution in [2.75, 3.05) is 13.1 Å². The Morgan fingerprint density at radius 2 is 2.07 bits per heavy atom. The fourth-order valence-corrected chi connectivity index (χ4v) is 4.22. The van der Waals surface area contributed by atoms with Crippen LogP contribution in [0.4, 0.5) is 0 Å². The van der Waals surface area contributed by atoms with Crippen molar-refractivity contribution in [3.05, 3.63) is 54.6 Å². The zero-order valence-corrected chi connectivity index (χ0v) is 16.1. The molecule has 148 valence electrons. The van der Waals surface area contributed by atoms with Crippen molar-refractivity contribution in [1.29, 1.82) is 0 Å². The number of amides is 1. The maximum absolute atomic E-state index is 13.0. The number of aromatic nitrogens is 5. The Kier molecular flexibility index (Phi) is 4.54. The van der Waals surface area contributed by atoms with E-state index in [1.165, 1.54) is 12.8 Å². The fourth-order valence-electron chi connectivity index (χ4n) is 4.22. The molecule has 1 atom stereocenters. The zero-order chi connectivity index (χ0) is 19.7. The Hall–Kier alpha value is -3.16. The molecule has 0 aromatic carbocycles. The quantitative estimate of drug-likeness (QED) is 0.660. The monoisotopic (exact) mass is 390 g/mol. The van der Waals surface area contributed by atoms with E-state index < -0.39 is 0 Å². The third kappa shape index (κ3) is 3.62. The molecule has 8 heteroatoms. The van der Waals surface area contributed by atoms with Crippen LogP contribution in [-0.4, -0.2) is 49.0 Å². The van der Waals surface area contributed by atoms with Crippen LogP contribution in [0, 0.1) is 5.92 Å². The van der Waals surface area contributed by atoms with Crippen LogP contribution in [0.2, 0.25) is 0 Å². The van der Waals surface area contributed by atoms with E-state index in [0.29, 0.717) is 30.7 Å². The van der Waals surface area contributed by atoms with E-state index in [-0.39, 0.29) is 17.1 Å². The molecular weight excluding hydrogens is 368 g/mol. The van der Waals surface area contributed by atoms with Gasteiger partial charge in [0.1, 0.15) is 0 Å². The Balaban J connectivity index is 1.45. The summed E-state index contributed by atoms with van der Waals surface area (Å²) in [5.41, 5.74) is 0.502. The summed E-state index contributed by atoms with van der Waals surface area (Å²) >= 11 is 0. The number of rotatable bonds is 5. The van der Waals surface area contributed by atoms with Gasteiger partial charge in [-0.2, -0.15) is 4.98 Å². The lowest BCUT2D eigenvalue weighted by molar-refractivity contribution is 0.0595. The topological polar surface area (TPSA) is 97.9 Å². The van der Waals surface area contributed by atoms with Crippen molar-refractivity contribution in [2.45, 2.75) is 37.5 Å². The molecule has 4 heterocycles. The van der Waals surface area contributed by atoms with Gasteiger partial charge in [0.05, 0.1) is 11.0 Å². The molecule has 0 N–H and O–H groups in total. The van der Waals surface area contributed by atoms with E-state index in [4.69, 9.17) is 9.51 Å². The normalized spacial score (nSPS) is 21.9. The molecule has 1 saturated carbocycles. The van der Waals surface area contributed by atoms with Crippen LogP contribution >= 0.6 is 0 Å². The van der Waals surface area contributed by atoms with E-state index >= 15 is 0 Å². The van der Waals surface area contributed by atoms with Crippen molar-refractivity contribution in [1.82, 2.24) is 30.0 Å². The Morgan fingerprint density at radius 1 is 1.21 bits per heavy atom. The first-order chi connectivity index (χ1) is 14.2. The lowest BCUT2D eigenvalue weighted by atomic mass is 9.74. The van der Waals surface area contributed by atoms with Crippen molar-refractivity contribution in [3.8, 4) is 11.5 Å². The van der Waals surface area contributed by atoms with Gasteiger partial charge in [0.2, 0.25) is 5.82 Å². The van der Waals surface area contributed by atoms with Gasteiger partial charge in [-0.3, -0.25) is 9.78 Å². The minimum absolute atomic E-state index is 0.138. The van der Waals surface area contributed by atoms with Crippen LogP contribution in [0.1, 0.15) is 48.5 Å². The predicted octanol–water partition coefficient (Wildman–Crippen LogP) is 2.90. The molecule has 8 nitrogen and oxygen atoms in total. The number of piperidine rings is 1. The van der Waals surface area contributed by atoms with Crippen molar-refractivity contribution in [2.24, 2.45) is 5.92 Å². The zero-order valence-electron chi connectivity index (χ0n) is 16.1. The number of hydrogen-bond acceptors (Lipinski definition) is 7. The molecule has 3 aromatic rings. The maximum Gasteiger partial charge on any atom is 0.291 e. The highest BCUT2D eigenvalue weighted by molar-refractivity contribution is 5.90. The number of carbonyl (C=O) groups excluding carboxylic acids is 1. The third-order valence-corrected chi connectivity index (χ3v) is 5.81. The molecule has 2 aliphatic rings. The Bertz CT molecular complexity index is 989. The Morgan fingerprint density at radius 3 is 2.83 bits per heavy atom. The van der Waals surface area contributed by atoms with E-state index in [9.17, 15) is 4.79 Å². The van der Waals surface area contributed by atoms with E-state index in [2.05, 4.69) is 20.1 Å². The molecule has 1 unspecified atom stereocenters. The van der Waals surface area contributed by atoms with Gasteiger partial charge in [0.25, 0.3) is 11.8 Å². The van der Waals surface area contributed by atoms with Crippen LogP contribution in [0.25, 0.3) is 11.5 Å². The first-order valence-corrected chi connectivity index (χ1v) is 10.0. The molecule has 2 fully saturated rings. The summed E-state index contributed by atoms with van der Waals surface area (Å²) in [4.78, 5) is 32.0. The average molecular weight is 390 g/mol. The van der Waals surface area contributed by atoms with Crippen LogP contribution in [0.15, 0.2) is 47.5 Å². The smallest absolute Gasteiger partial charge is 0.291 e. The van der Waals surface area contributed by atoms with Gasteiger partial charge in [-0.15, -0.1) is 0 Å². The summed E-state index contributed by atoms with van der Waals surface area (Å²) < 4.78 is 5.58. The molecule has 1 aliphatic carbocycles. The Labute approximate surface area is 168 Å². The molecular formula is C21H22N6O2. The molecule has 29 heavy (non-hydrogen) atoms. The van der Waals surface area contributed by atoms with E-state index in [1.54, 1.807) is 30.9 Å². The molecule has 1 saturated heterocycles. The SMILES string of the molecule is O=C(c1ncccn1)N1CCCC(CC2CC2)(c2noc(-c3cccnc3)n2)C1. The van der Waals surface area contributed by atoms with Gasteiger partial charge in [-0.25, -0.2) is 9.97 Å². The van der Waals surface area contributed by atoms with Crippen LogP contribution in [0.5, 0.6) is 0 Å². The highest BCUT2D eigenvalue weighted by atomic mass is 16.5. The standard InChI is InChI=1S/C21H22N6O2/c28-19(17-23-9-3-10-24-17)27-11-2-7-21(14-27,12-15-5-6-15)20-25-18(29-26-20)16-4-1-8-22-13-16/h1,3-4,8-10,13,15H,2,5-7,11-12,14H2. The summed E-state index contributed by atoms with van der Waals surface area (Å²) in [6.45, 7) is 1.25. The minimum atomic E-state index is -0.298. The highest BCUT2D eigenvalue weighted by Crippen LogP contribution is 2.46. The first kappa shape index (κ1) is 17.9. The number of pyridine rings is 1. The molecule has 0 bridgehead atoms. The van der Waals surface area contributed by atoms with Gasteiger partial charge in [0.15, 0.2) is 5.82 Å². The van der Waals surface area contributed by atoms with Crippen LogP contribution < -0.4 is 0 Å². The summed E-state index contributed by atoms with van der Waals surface area (Å²) in [6.07, 6.45) is 11.9. The maximum atomic E-state index is 13.0. The number of carbonyl (C=O) groups is 1. The van der Waals surface area contributed by atoms with E-state index in [1.807, 2.05) is 17.0 Å². The molecule has 0 radical (unpaired) electrons. The second-order valence-corrected chi connectivity index (χ2v) is 8.00. The van der Waals surface area contributed by atoms with Crippen LogP contribution in [-0.2, 0) is 5.41 Å². The second-order valence-electron chi connectivity index (χ2n) is 8.00. The molecule has 3 aromatic heterocycles. The summed E-state index contributed by atoms with van der Waals surface area (Å²) in [5.74, 6) is 1.92. The third-order valence-electron chi connectivity index (χ3n) is 5.81. The van der Waals surface area contributed by atoms with Gasteiger partial charge in [-0.1, -0.05) is 18.0 Å². The lowest BCUT2D eigenvalue weighted by Gasteiger charge is -2.40. The summed E-state index contributed by atoms with van der Waals surface area (Å²) in [5, 5.41) is 4.35. The number of likely N-dealkylation sites (tertiary alicyclic amines) is 1. The number of nitrogens with zero attached hydrogens (tertiary/aromatic N) is 6. The second kappa shape index (κ2) is 7.35. The van der Waals surface area contributed by atoms with Crippen molar-refractivity contribution >= 4 is 5.91 Å². The molecule has 0 spiro atoms. The number of hydrogen-bond donors (Lipinski definition) is 0. The molecule has 1 aliphatic heterocycles. The van der Waals surface area contributed by atoms with E-state index in [0.717, 1.165) is 24.8 Å². The minimum Gasteiger partial charge on any atom is -0.335 e. The van der Waals surface area contributed by atoms with Gasteiger partial charge in [0, 0.05) is 37.9 Å². The molecule has 1 amide bonds.